The fourth-order valence-corrected chi connectivity index (χ4v) is 7.19. The predicted molar refractivity (Wildman–Crippen MR) is 124 cm³/mol. The van der Waals surface area contributed by atoms with Crippen molar-refractivity contribution in [1.29, 1.82) is 5.26 Å². The van der Waals surface area contributed by atoms with Crippen LogP contribution in [0, 0.1) is 11.3 Å². The SMILES string of the molecule is CCC1(C)c2cccc3c(C#N)cc4c5c(c[n+](c4c23)C1(C)CC)C1(CCCC1)CO5. The summed E-state index contributed by atoms with van der Waals surface area (Å²) in [5.41, 5.74) is 4.88. The third kappa shape index (κ3) is 2.03. The Morgan fingerprint density at radius 1 is 1.06 bits per heavy atom. The van der Waals surface area contributed by atoms with E-state index in [0.29, 0.717) is 0 Å². The summed E-state index contributed by atoms with van der Waals surface area (Å²) in [7, 11) is 0. The van der Waals surface area contributed by atoms with Crippen molar-refractivity contribution in [2.24, 2.45) is 0 Å². The van der Waals surface area contributed by atoms with Gasteiger partial charge in [-0.1, -0.05) is 44.9 Å². The van der Waals surface area contributed by atoms with Gasteiger partial charge in [0.15, 0.2) is 11.7 Å². The first-order valence-electron chi connectivity index (χ1n) is 12.0. The highest BCUT2D eigenvalue weighted by atomic mass is 16.5. The first kappa shape index (κ1) is 19.1. The van der Waals surface area contributed by atoms with Crippen molar-refractivity contribution in [1.82, 2.24) is 0 Å². The number of nitrogens with zero attached hydrogens (tertiary/aromatic N) is 2. The number of benzene rings is 2. The molecule has 158 valence electrons. The van der Waals surface area contributed by atoms with Crippen LogP contribution >= 0.6 is 0 Å². The fraction of sp³-hybridized carbons (Fsp3) is 0.500. The van der Waals surface area contributed by atoms with Gasteiger partial charge in [-0.25, -0.2) is 0 Å². The molecule has 0 radical (unpaired) electrons. The van der Waals surface area contributed by atoms with E-state index in [1.54, 1.807) is 0 Å². The number of rotatable bonds is 2. The lowest BCUT2D eigenvalue weighted by atomic mass is 9.61. The van der Waals surface area contributed by atoms with Gasteiger partial charge in [0.1, 0.15) is 5.75 Å². The summed E-state index contributed by atoms with van der Waals surface area (Å²) in [6.07, 6.45) is 9.56. The van der Waals surface area contributed by atoms with Crippen LogP contribution in [0.1, 0.15) is 82.9 Å². The van der Waals surface area contributed by atoms with Crippen LogP contribution in [0.5, 0.6) is 5.75 Å². The molecule has 3 heteroatoms. The van der Waals surface area contributed by atoms with E-state index in [4.69, 9.17) is 4.74 Å². The summed E-state index contributed by atoms with van der Waals surface area (Å²) >= 11 is 0. The summed E-state index contributed by atoms with van der Waals surface area (Å²) < 4.78 is 9.08. The zero-order valence-corrected chi connectivity index (χ0v) is 19.1. The first-order valence-corrected chi connectivity index (χ1v) is 12.0. The van der Waals surface area contributed by atoms with Gasteiger partial charge in [-0.3, -0.25) is 0 Å². The van der Waals surface area contributed by atoms with Gasteiger partial charge in [0.05, 0.1) is 40.0 Å². The van der Waals surface area contributed by atoms with E-state index in [1.165, 1.54) is 47.7 Å². The summed E-state index contributed by atoms with van der Waals surface area (Å²) in [5.74, 6) is 1.04. The van der Waals surface area contributed by atoms with Crippen LogP contribution in [-0.2, 0) is 16.4 Å². The zero-order valence-electron chi connectivity index (χ0n) is 19.1. The summed E-state index contributed by atoms with van der Waals surface area (Å²) in [6.45, 7) is 10.3. The molecular weight excluding hydrogens is 380 g/mol. The molecule has 1 saturated carbocycles. The van der Waals surface area contributed by atoms with E-state index in [-0.39, 0.29) is 16.4 Å². The molecule has 2 aliphatic heterocycles. The molecular formula is C28H31N2O+. The van der Waals surface area contributed by atoms with Crippen LogP contribution in [0.2, 0.25) is 0 Å². The molecule has 3 aromatic rings. The van der Waals surface area contributed by atoms with Gasteiger partial charge in [-0.15, -0.1) is 0 Å². The number of ether oxygens (including phenoxy) is 1. The summed E-state index contributed by atoms with van der Waals surface area (Å²) in [6, 6.07) is 11.2. The standard InChI is InChI=1S/C28H31N2O/c1-5-26(3)21-11-9-10-19-18(15-29)14-20-24(23(19)21)30(27(26,4)6-2)16-22-25(20)31-17-28(22)12-7-8-13-28/h9-11,14,16H,5-8,12-13,17H2,1-4H3/q+1. The van der Waals surface area contributed by atoms with Crippen molar-refractivity contribution in [2.75, 3.05) is 6.61 Å². The average molecular weight is 412 g/mol. The molecule has 3 heterocycles. The lowest BCUT2D eigenvalue weighted by Crippen LogP contribution is -2.66. The third-order valence-electron chi connectivity index (χ3n) is 9.58. The third-order valence-corrected chi connectivity index (χ3v) is 9.58. The minimum atomic E-state index is -0.0488. The Morgan fingerprint density at radius 3 is 2.52 bits per heavy atom. The van der Waals surface area contributed by atoms with Crippen molar-refractivity contribution in [3.05, 3.63) is 47.2 Å². The molecule has 1 fully saturated rings. The maximum atomic E-state index is 10.1. The van der Waals surface area contributed by atoms with Crippen molar-refractivity contribution in [3.8, 4) is 11.8 Å². The maximum Gasteiger partial charge on any atom is 0.225 e. The van der Waals surface area contributed by atoms with E-state index < -0.39 is 0 Å². The van der Waals surface area contributed by atoms with Crippen molar-refractivity contribution < 1.29 is 9.30 Å². The summed E-state index contributed by atoms with van der Waals surface area (Å²) in [5, 5.41) is 13.5. The molecule has 6 rings (SSSR count). The topological polar surface area (TPSA) is 36.9 Å². The highest BCUT2D eigenvalue weighted by Gasteiger charge is 2.57. The minimum absolute atomic E-state index is 0.0174. The van der Waals surface area contributed by atoms with Crippen LogP contribution < -0.4 is 9.30 Å². The van der Waals surface area contributed by atoms with E-state index >= 15 is 0 Å². The Bertz CT molecular complexity index is 1310. The Labute approximate surface area is 184 Å². The van der Waals surface area contributed by atoms with Crippen LogP contribution in [0.4, 0.5) is 0 Å². The van der Waals surface area contributed by atoms with E-state index in [9.17, 15) is 5.26 Å². The normalized spacial score (nSPS) is 27.7. The van der Waals surface area contributed by atoms with Gasteiger partial charge in [-0.05, 0) is 37.8 Å². The smallest absolute Gasteiger partial charge is 0.225 e. The molecule has 2 aromatic carbocycles. The van der Waals surface area contributed by atoms with Crippen molar-refractivity contribution >= 4 is 21.7 Å². The summed E-state index contributed by atoms with van der Waals surface area (Å²) in [4.78, 5) is 0. The minimum Gasteiger partial charge on any atom is -0.491 e. The van der Waals surface area contributed by atoms with Gasteiger partial charge >= 0.3 is 0 Å². The van der Waals surface area contributed by atoms with Crippen LogP contribution in [-0.4, -0.2) is 6.61 Å². The van der Waals surface area contributed by atoms with Gasteiger partial charge in [0.2, 0.25) is 5.52 Å². The second-order valence-electron chi connectivity index (χ2n) is 10.5. The number of nitriles is 1. The Kier molecular flexibility index (Phi) is 3.70. The molecule has 0 saturated heterocycles. The number of aromatic nitrogens is 1. The van der Waals surface area contributed by atoms with E-state index in [2.05, 4.69) is 68.8 Å². The molecule has 31 heavy (non-hydrogen) atoms. The monoisotopic (exact) mass is 411 g/mol. The second-order valence-corrected chi connectivity index (χ2v) is 10.5. The molecule has 1 aliphatic carbocycles. The first-order chi connectivity index (χ1) is 14.9. The number of hydrogen-bond donors (Lipinski definition) is 0. The quantitative estimate of drug-likeness (QED) is 0.374. The van der Waals surface area contributed by atoms with Crippen molar-refractivity contribution in [2.45, 2.75) is 82.6 Å². The van der Waals surface area contributed by atoms with Crippen molar-refractivity contribution in [3.63, 3.8) is 0 Å². The van der Waals surface area contributed by atoms with E-state index in [1.807, 2.05) is 0 Å². The number of hydrogen-bond acceptors (Lipinski definition) is 2. The maximum absolute atomic E-state index is 10.1. The molecule has 0 bridgehead atoms. The Balaban J connectivity index is 1.88. The largest absolute Gasteiger partial charge is 0.491 e. The molecule has 0 N–H and O–H groups in total. The van der Waals surface area contributed by atoms with Crippen LogP contribution in [0.25, 0.3) is 21.7 Å². The number of fused-ring (bicyclic) bond motifs is 3. The second kappa shape index (κ2) is 6.00. The van der Waals surface area contributed by atoms with Gasteiger partial charge < -0.3 is 4.74 Å². The predicted octanol–water partition coefficient (Wildman–Crippen LogP) is 6.16. The van der Waals surface area contributed by atoms with Crippen LogP contribution in [0.15, 0.2) is 30.5 Å². The highest BCUT2D eigenvalue weighted by molar-refractivity contribution is 6.11. The lowest BCUT2D eigenvalue weighted by Gasteiger charge is -2.45. The molecule has 3 nitrogen and oxygen atoms in total. The fourth-order valence-electron chi connectivity index (χ4n) is 7.19. The molecule has 1 spiro atoms. The highest BCUT2D eigenvalue weighted by Crippen LogP contribution is 2.55. The van der Waals surface area contributed by atoms with Gasteiger partial charge in [0.25, 0.3) is 0 Å². The Morgan fingerprint density at radius 2 is 1.84 bits per heavy atom. The molecule has 2 atom stereocenters. The van der Waals surface area contributed by atoms with Gasteiger partial charge in [-0.2, -0.15) is 9.83 Å². The Hall–Kier alpha value is -2.60. The van der Waals surface area contributed by atoms with E-state index in [0.717, 1.165) is 41.5 Å². The average Bonchev–Trinajstić information content (AvgIpc) is 3.43. The zero-order chi connectivity index (χ0) is 21.6. The van der Waals surface area contributed by atoms with Gasteiger partial charge in [0, 0.05) is 24.1 Å². The van der Waals surface area contributed by atoms with Crippen LogP contribution in [0.3, 0.4) is 0 Å². The molecule has 3 aliphatic rings. The molecule has 0 amide bonds. The molecule has 2 unspecified atom stereocenters. The number of pyridine rings is 1. The lowest BCUT2D eigenvalue weighted by molar-refractivity contribution is -0.751. The molecule has 1 aromatic heterocycles.